The van der Waals surface area contributed by atoms with Crippen LogP contribution in [0.5, 0.6) is 0 Å². The van der Waals surface area contributed by atoms with Crippen LogP contribution in [0.3, 0.4) is 0 Å². The summed E-state index contributed by atoms with van der Waals surface area (Å²) in [6.07, 6.45) is 1.03. The minimum absolute atomic E-state index is 0.0546. The number of halogens is 5. The second kappa shape index (κ2) is 5.55. The molecule has 122 valence electrons. The number of nitrogens with zero attached hydrogens (tertiary/aromatic N) is 1. The summed E-state index contributed by atoms with van der Waals surface area (Å²) in [7, 11) is 0. The van der Waals surface area contributed by atoms with E-state index < -0.39 is 46.3 Å². The maximum Gasteiger partial charge on any atom is 0.336 e. The van der Waals surface area contributed by atoms with Crippen molar-refractivity contribution in [1.29, 1.82) is 0 Å². The van der Waals surface area contributed by atoms with Gasteiger partial charge in [-0.15, -0.1) is 0 Å². The molecule has 24 heavy (non-hydrogen) atoms. The molecular weight excluding hydrogens is 333 g/mol. The third-order valence-corrected chi connectivity index (χ3v) is 3.48. The van der Waals surface area contributed by atoms with Gasteiger partial charge in [-0.25, -0.2) is 26.7 Å². The second-order valence-electron chi connectivity index (χ2n) is 4.81. The number of fused-ring (bicyclic) bond motifs is 1. The van der Waals surface area contributed by atoms with Gasteiger partial charge in [0.1, 0.15) is 0 Å². The van der Waals surface area contributed by atoms with Gasteiger partial charge in [0.15, 0.2) is 23.3 Å². The molecule has 1 aromatic heterocycles. The number of carboxylic acid groups (broad SMARTS) is 1. The first kappa shape index (κ1) is 15.9. The first-order valence-corrected chi connectivity index (χ1v) is 6.47. The third kappa shape index (κ3) is 2.18. The summed E-state index contributed by atoms with van der Waals surface area (Å²) >= 11 is 0. The van der Waals surface area contributed by atoms with Crippen LogP contribution in [0.2, 0.25) is 0 Å². The van der Waals surface area contributed by atoms with Gasteiger partial charge < -0.3 is 5.11 Å². The molecule has 0 saturated carbocycles. The first-order chi connectivity index (χ1) is 11.3. The molecule has 2 aromatic carbocycles. The number of hydrogen-bond acceptors (Lipinski definition) is 2. The Morgan fingerprint density at radius 3 is 2.00 bits per heavy atom. The van der Waals surface area contributed by atoms with Crippen molar-refractivity contribution in [2.45, 2.75) is 0 Å². The molecule has 3 aromatic rings. The molecule has 0 radical (unpaired) electrons. The van der Waals surface area contributed by atoms with Gasteiger partial charge in [-0.05, 0) is 17.5 Å². The van der Waals surface area contributed by atoms with Gasteiger partial charge in [0.05, 0.1) is 16.8 Å². The molecule has 0 unspecified atom stereocenters. The monoisotopic (exact) mass is 339 g/mol. The Hall–Kier alpha value is -3.03. The molecule has 0 bridgehead atoms. The van der Waals surface area contributed by atoms with Crippen LogP contribution in [-0.4, -0.2) is 16.1 Å². The van der Waals surface area contributed by atoms with Crippen molar-refractivity contribution in [2.75, 3.05) is 0 Å². The molecule has 0 fully saturated rings. The first-order valence-electron chi connectivity index (χ1n) is 6.47. The summed E-state index contributed by atoms with van der Waals surface area (Å²) in [6, 6.07) is 5.08. The van der Waals surface area contributed by atoms with Crippen LogP contribution in [0.25, 0.3) is 22.0 Å². The Labute approximate surface area is 131 Å². The van der Waals surface area contributed by atoms with Gasteiger partial charge in [0, 0.05) is 11.6 Å². The van der Waals surface area contributed by atoms with Crippen molar-refractivity contribution < 1.29 is 31.9 Å². The summed E-state index contributed by atoms with van der Waals surface area (Å²) in [6.45, 7) is 0. The molecule has 0 atom stereocenters. The maximum atomic E-state index is 14.0. The molecule has 3 nitrogen and oxygen atoms in total. The molecule has 3 rings (SSSR count). The van der Waals surface area contributed by atoms with E-state index in [1.807, 2.05) is 0 Å². The van der Waals surface area contributed by atoms with E-state index in [0.717, 1.165) is 6.20 Å². The maximum absolute atomic E-state index is 14.0. The van der Waals surface area contributed by atoms with E-state index in [4.69, 9.17) is 5.11 Å². The smallest absolute Gasteiger partial charge is 0.336 e. The van der Waals surface area contributed by atoms with Gasteiger partial charge in [-0.1, -0.05) is 12.1 Å². The number of aromatic nitrogens is 1. The van der Waals surface area contributed by atoms with Crippen molar-refractivity contribution in [2.24, 2.45) is 0 Å². The van der Waals surface area contributed by atoms with Crippen molar-refractivity contribution in [1.82, 2.24) is 4.98 Å². The van der Waals surface area contributed by atoms with E-state index in [0.29, 0.717) is 0 Å². The molecule has 0 spiro atoms. The van der Waals surface area contributed by atoms with Crippen LogP contribution >= 0.6 is 0 Å². The third-order valence-electron chi connectivity index (χ3n) is 3.48. The van der Waals surface area contributed by atoms with Crippen LogP contribution in [0.4, 0.5) is 22.0 Å². The van der Waals surface area contributed by atoms with Crippen molar-refractivity contribution >= 4 is 16.7 Å². The summed E-state index contributed by atoms with van der Waals surface area (Å²) in [5, 5.41) is 9.14. The van der Waals surface area contributed by atoms with Crippen LogP contribution in [0, 0.1) is 29.1 Å². The molecule has 0 aliphatic carbocycles. The Balaban J connectivity index is 2.45. The lowest BCUT2D eigenvalue weighted by molar-refractivity contribution is 0.0699. The van der Waals surface area contributed by atoms with Crippen molar-refractivity contribution in [3.63, 3.8) is 0 Å². The molecule has 0 saturated heterocycles. The van der Waals surface area contributed by atoms with Crippen LogP contribution in [0.15, 0.2) is 30.5 Å². The standard InChI is InChI=1S/C16H6F5NO2/c17-10-9(11(18)13(20)14(21)12(10)19)15-7-2-1-3-8(16(23)24)6(7)4-5-22-15/h1-5H,(H,23,24). The fourth-order valence-electron chi connectivity index (χ4n) is 2.41. The predicted molar refractivity (Wildman–Crippen MR) is 73.9 cm³/mol. The fourth-order valence-corrected chi connectivity index (χ4v) is 2.41. The lowest BCUT2D eigenvalue weighted by Crippen LogP contribution is -2.05. The molecule has 0 aliphatic rings. The Morgan fingerprint density at radius 2 is 1.42 bits per heavy atom. The minimum Gasteiger partial charge on any atom is -0.478 e. The summed E-state index contributed by atoms with van der Waals surface area (Å²) < 4.78 is 68.0. The molecular formula is C16H6F5NO2. The highest BCUT2D eigenvalue weighted by Crippen LogP contribution is 2.35. The highest BCUT2D eigenvalue weighted by Gasteiger charge is 2.28. The molecule has 1 N–H and O–H groups in total. The minimum atomic E-state index is -2.28. The zero-order valence-electron chi connectivity index (χ0n) is 11.6. The van der Waals surface area contributed by atoms with Crippen LogP contribution in [0.1, 0.15) is 10.4 Å². The highest BCUT2D eigenvalue weighted by atomic mass is 19.2. The van der Waals surface area contributed by atoms with Gasteiger partial charge in [0.25, 0.3) is 0 Å². The molecule has 0 amide bonds. The normalized spacial score (nSPS) is 11.0. The van der Waals surface area contributed by atoms with E-state index in [1.54, 1.807) is 0 Å². The average molecular weight is 339 g/mol. The van der Waals surface area contributed by atoms with Gasteiger partial charge >= 0.3 is 5.97 Å². The Morgan fingerprint density at radius 1 is 0.833 bits per heavy atom. The zero-order valence-corrected chi connectivity index (χ0v) is 11.6. The number of hydrogen-bond donors (Lipinski definition) is 1. The lowest BCUT2D eigenvalue weighted by atomic mass is 9.99. The number of carbonyl (C=O) groups is 1. The fraction of sp³-hybridized carbons (Fsp3) is 0. The van der Waals surface area contributed by atoms with Gasteiger partial charge in [-0.3, -0.25) is 4.98 Å². The van der Waals surface area contributed by atoms with Gasteiger partial charge in [-0.2, -0.15) is 0 Å². The molecule has 1 heterocycles. The quantitative estimate of drug-likeness (QED) is 0.430. The second-order valence-corrected chi connectivity index (χ2v) is 4.81. The van der Waals surface area contributed by atoms with E-state index in [9.17, 15) is 26.7 Å². The molecule has 8 heteroatoms. The van der Waals surface area contributed by atoms with E-state index in [-0.39, 0.29) is 16.3 Å². The number of rotatable bonds is 2. The van der Waals surface area contributed by atoms with E-state index in [2.05, 4.69) is 4.98 Å². The average Bonchev–Trinajstić information content (AvgIpc) is 2.58. The number of pyridine rings is 1. The number of carboxylic acids is 1. The van der Waals surface area contributed by atoms with E-state index >= 15 is 0 Å². The SMILES string of the molecule is O=C(O)c1cccc2c(-c3c(F)c(F)c(F)c(F)c3F)nccc12. The molecule has 0 aliphatic heterocycles. The summed E-state index contributed by atoms with van der Waals surface area (Å²) in [4.78, 5) is 14.9. The largest absolute Gasteiger partial charge is 0.478 e. The summed E-state index contributed by atoms with van der Waals surface area (Å²) in [5.41, 5.74) is -1.94. The zero-order chi connectivity index (χ0) is 17.6. The van der Waals surface area contributed by atoms with Crippen molar-refractivity contribution in [3.05, 3.63) is 65.1 Å². The van der Waals surface area contributed by atoms with E-state index in [1.165, 1.54) is 24.3 Å². The Bertz CT molecular complexity index is 974. The van der Waals surface area contributed by atoms with Crippen LogP contribution in [-0.2, 0) is 0 Å². The number of aromatic carboxylic acids is 1. The Kier molecular flexibility index (Phi) is 3.67. The number of benzene rings is 2. The highest BCUT2D eigenvalue weighted by molar-refractivity contribution is 6.07. The van der Waals surface area contributed by atoms with Gasteiger partial charge in [0.2, 0.25) is 5.82 Å². The summed E-state index contributed by atoms with van der Waals surface area (Å²) in [5.74, 6) is -11.9. The van der Waals surface area contributed by atoms with Crippen molar-refractivity contribution in [3.8, 4) is 11.3 Å². The van der Waals surface area contributed by atoms with Crippen LogP contribution < -0.4 is 0 Å². The lowest BCUT2D eigenvalue weighted by Gasteiger charge is -2.11. The topological polar surface area (TPSA) is 50.2 Å². The predicted octanol–water partition coefficient (Wildman–Crippen LogP) is 4.30.